The molecule has 3 amide bonds. The molecular formula is C16H21N3O3. The van der Waals surface area contributed by atoms with Gasteiger partial charge < -0.3 is 20.7 Å². The van der Waals surface area contributed by atoms with Crippen LogP contribution >= 0.6 is 0 Å². The lowest BCUT2D eigenvalue weighted by Crippen LogP contribution is -2.37. The summed E-state index contributed by atoms with van der Waals surface area (Å²) >= 11 is 0. The molecule has 22 heavy (non-hydrogen) atoms. The molecule has 1 aromatic rings. The number of ether oxygens (including phenoxy) is 1. The number of carbonyl (C=O) groups excluding carboxylic acids is 2. The highest BCUT2D eigenvalue weighted by Crippen LogP contribution is 2.30. The van der Waals surface area contributed by atoms with E-state index in [0.717, 1.165) is 12.8 Å². The van der Waals surface area contributed by atoms with Gasteiger partial charge in [-0.25, -0.2) is 4.79 Å². The summed E-state index contributed by atoms with van der Waals surface area (Å²) in [5, 5.41) is 8.58. The van der Waals surface area contributed by atoms with Gasteiger partial charge >= 0.3 is 6.03 Å². The largest absolute Gasteiger partial charge is 0.482 e. The lowest BCUT2D eigenvalue weighted by Gasteiger charge is -2.20. The highest BCUT2D eigenvalue weighted by molar-refractivity contribution is 5.96. The molecule has 0 saturated heterocycles. The van der Waals surface area contributed by atoms with Crippen molar-refractivity contribution >= 4 is 23.3 Å². The van der Waals surface area contributed by atoms with Crippen LogP contribution in [0.3, 0.4) is 0 Å². The summed E-state index contributed by atoms with van der Waals surface area (Å²) in [4.78, 5) is 23.3. The summed E-state index contributed by atoms with van der Waals surface area (Å²) < 4.78 is 5.34. The van der Waals surface area contributed by atoms with Crippen molar-refractivity contribution in [2.24, 2.45) is 0 Å². The van der Waals surface area contributed by atoms with E-state index in [2.05, 4.69) is 16.0 Å². The number of urea groups is 1. The van der Waals surface area contributed by atoms with Crippen molar-refractivity contribution in [2.75, 3.05) is 17.2 Å². The van der Waals surface area contributed by atoms with E-state index < -0.39 is 0 Å². The van der Waals surface area contributed by atoms with Gasteiger partial charge in [0.15, 0.2) is 6.61 Å². The number of rotatable bonds is 2. The molecule has 0 spiro atoms. The first-order valence-electron chi connectivity index (χ1n) is 7.85. The number of hydrogen-bond donors (Lipinski definition) is 3. The quantitative estimate of drug-likeness (QED) is 0.735. The molecule has 1 aromatic carbocycles. The van der Waals surface area contributed by atoms with Crippen LogP contribution in [0.1, 0.15) is 38.5 Å². The first-order chi connectivity index (χ1) is 10.7. The summed E-state index contributed by atoms with van der Waals surface area (Å²) in [5.41, 5.74) is 1.28. The lowest BCUT2D eigenvalue weighted by molar-refractivity contribution is -0.118. The molecule has 0 bridgehead atoms. The lowest BCUT2D eigenvalue weighted by atomic mass is 10.1. The molecular weight excluding hydrogens is 282 g/mol. The summed E-state index contributed by atoms with van der Waals surface area (Å²) in [7, 11) is 0. The van der Waals surface area contributed by atoms with Gasteiger partial charge in [-0.1, -0.05) is 25.7 Å². The Morgan fingerprint density at radius 3 is 2.73 bits per heavy atom. The van der Waals surface area contributed by atoms with Crippen LogP contribution in [0.5, 0.6) is 5.75 Å². The Hall–Kier alpha value is -2.24. The number of nitrogens with one attached hydrogen (secondary N) is 3. The van der Waals surface area contributed by atoms with Crippen molar-refractivity contribution in [1.82, 2.24) is 5.32 Å². The SMILES string of the molecule is O=C1COc2cc(NC(=O)NC3CCCCCC3)ccc2N1. The number of carbonyl (C=O) groups is 2. The van der Waals surface area contributed by atoms with E-state index in [1.165, 1.54) is 25.7 Å². The monoisotopic (exact) mass is 303 g/mol. The smallest absolute Gasteiger partial charge is 0.319 e. The fraction of sp³-hybridized carbons (Fsp3) is 0.500. The summed E-state index contributed by atoms with van der Waals surface area (Å²) in [5.74, 6) is 0.409. The molecule has 0 aromatic heterocycles. The maximum Gasteiger partial charge on any atom is 0.319 e. The predicted octanol–water partition coefficient (Wildman–Crippen LogP) is 2.86. The van der Waals surface area contributed by atoms with E-state index in [1.54, 1.807) is 18.2 Å². The molecule has 0 radical (unpaired) electrons. The van der Waals surface area contributed by atoms with Crippen LogP contribution in [-0.2, 0) is 4.79 Å². The Balaban J connectivity index is 1.58. The second kappa shape index (κ2) is 6.68. The van der Waals surface area contributed by atoms with Crippen molar-refractivity contribution in [3.63, 3.8) is 0 Å². The van der Waals surface area contributed by atoms with Crippen LogP contribution in [0.2, 0.25) is 0 Å². The van der Waals surface area contributed by atoms with E-state index in [9.17, 15) is 9.59 Å². The molecule has 3 rings (SSSR count). The molecule has 3 N–H and O–H groups in total. The Bertz CT molecular complexity index is 566. The fourth-order valence-electron chi connectivity index (χ4n) is 2.93. The topological polar surface area (TPSA) is 79.5 Å². The van der Waals surface area contributed by atoms with Gasteiger partial charge in [0.25, 0.3) is 5.91 Å². The molecule has 1 saturated carbocycles. The van der Waals surface area contributed by atoms with E-state index in [1.807, 2.05) is 0 Å². The van der Waals surface area contributed by atoms with E-state index in [-0.39, 0.29) is 24.6 Å². The van der Waals surface area contributed by atoms with Gasteiger partial charge in [0.2, 0.25) is 0 Å². The van der Waals surface area contributed by atoms with Gasteiger partial charge in [-0.15, -0.1) is 0 Å². The van der Waals surface area contributed by atoms with Crippen LogP contribution in [-0.4, -0.2) is 24.6 Å². The number of anilines is 2. The first-order valence-corrected chi connectivity index (χ1v) is 7.85. The molecule has 0 atom stereocenters. The highest BCUT2D eigenvalue weighted by atomic mass is 16.5. The van der Waals surface area contributed by atoms with Crippen LogP contribution in [0, 0.1) is 0 Å². The molecule has 1 aliphatic heterocycles. The van der Waals surface area contributed by atoms with Gasteiger partial charge in [0, 0.05) is 17.8 Å². The molecule has 1 heterocycles. The third kappa shape index (κ3) is 3.69. The molecule has 1 fully saturated rings. The minimum atomic E-state index is -0.188. The van der Waals surface area contributed by atoms with Gasteiger partial charge in [-0.3, -0.25) is 4.79 Å². The van der Waals surface area contributed by atoms with Crippen molar-refractivity contribution in [2.45, 2.75) is 44.6 Å². The third-order valence-electron chi connectivity index (χ3n) is 4.06. The number of amides is 3. The van der Waals surface area contributed by atoms with Crippen molar-refractivity contribution < 1.29 is 14.3 Å². The number of hydrogen-bond acceptors (Lipinski definition) is 3. The standard InChI is InChI=1S/C16H21N3O3/c20-15-10-22-14-9-12(7-8-13(14)19-15)18-16(21)17-11-5-3-1-2-4-6-11/h7-9,11H,1-6,10H2,(H,19,20)(H2,17,18,21). The van der Waals surface area contributed by atoms with Crippen LogP contribution in [0.15, 0.2) is 18.2 Å². The van der Waals surface area contributed by atoms with Gasteiger partial charge in [0.1, 0.15) is 5.75 Å². The van der Waals surface area contributed by atoms with Crippen LogP contribution in [0.4, 0.5) is 16.2 Å². The van der Waals surface area contributed by atoms with E-state index in [4.69, 9.17) is 4.74 Å². The predicted molar refractivity (Wildman–Crippen MR) is 84.2 cm³/mol. The Morgan fingerprint density at radius 2 is 1.95 bits per heavy atom. The summed E-state index contributed by atoms with van der Waals surface area (Å²) in [6.07, 6.45) is 6.97. The Morgan fingerprint density at radius 1 is 1.18 bits per heavy atom. The first kappa shape index (κ1) is 14.7. The number of fused-ring (bicyclic) bond motifs is 1. The van der Waals surface area contributed by atoms with Crippen molar-refractivity contribution in [3.8, 4) is 5.75 Å². The molecule has 6 heteroatoms. The zero-order chi connectivity index (χ0) is 15.4. The second-order valence-corrected chi connectivity index (χ2v) is 5.83. The zero-order valence-corrected chi connectivity index (χ0v) is 12.5. The minimum absolute atomic E-state index is 0.00469. The van der Waals surface area contributed by atoms with Gasteiger partial charge in [0.05, 0.1) is 5.69 Å². The molecule has 118 valence electrons. The second-order valence-electron chi connectivity index (χ2n) is 5.83. The molecule has 1 aliphatic carbocycles. The van der Waals surface area contributed by atoms with Crippen LogP contribution < -0.4 is 20.7 Å². The zero-order valence-electron chi connectivity index (χ0n) is 12.5. The molecule has 2 aliphatic rings. The normalized spacial score (nSPS) is 18.5. The van der Waals surface area contributed by atoms with Gasteiger partial charge in [-0.2, -0.15) is 0 Å². The average Bonchev–Trinajstić information content (AvgIpc) is 2.76. The van der Waals surface area contributed by atoms with E-state index >= 15 is 0 Å². The third-order valence-corrected chi connectivity index (χ3v) is 4.06. The van der Waals surface area contributed by atoms with Gasteiger partial charge in [-0.05, 0) is 25.0 Å². The molecule has 0 unspecified atom stereocenters. The van der Waals surface area contributed by atoms with Crippen molar-refractivity contribution in [1.29, 1.82) is 0 Å². The summed E-state index contributed by atoms with van der Waals surface area (Å²) in [6, 6.07) is 5.28. The Kier molecular flexibility index (Phi) is 4.46. The van der Waals surface area contributed by atoms with E-state index in [0.29, 0.717) is 17.1 Å². The number of benzene rings is 1. The maximum absolute atomic E-state index is 12.1. The van der Waals surface area contributed by atoms with Crippen LogP contribution in [0.25, 0.3) is 0 Å². The summed E-state index contributed by atoms with van der Waals surface area (Å²) in [6.45, 7) is 0.00469. The fourth-order valence-corrected chi connectivity index (χ4v) is 2.93. The minimum Gasteiger partial charge on any atom is -0.482 e. The maximum atomic E-state index is 12.1. The molecule has 6 nitrogen and oxygen atoms in total. The highest BCUT2D eigenvalue weighted by Gasteiger charge is 2.18. The Labute approximate surface area is 129 Å². The average molecular weight is 303 g/mol. The van der Waals surface area contributed by atoms with Crippen molar-refractivity contribution in [3.05, 3.63) is 18.2 Å².